The number of β-amino-alcohol motifs (C(OH)–C–C–N with tert-alkyl or cyclic N) is 1. The number of anilines is 2. The molecule has 6 N–H and O–H groups in total. The highest BCUT2D eigenvalue weighted by Crippen LogP contribution is 2.29. The minimum Gasteiger partial charge on any atom is -0.495 e. The van der Waals surface area contributed by atoms with E-state index in [9.17, 15) is 5.11 Å². The molecule has 0 radical (unpaired) electrons. The van der Waals surface area contributed by atoms with Gasteiger partial charge in [-0.15, -0.1) is 0 Å². The summed E-state index contributed by atoms with van der Waals surface area (Å²) < 4.78 is 14.2. The van der Waals surface area contributed by atoms with Gasteiger partial charge in [0.2, 0.25) is 0 Å². The molecule has 0 spiro atoms. The highest BCUT2D eigenvalue weighted by atomic mass is 35.5. The number of halogens is 2. The van der Waals surface area contributed by atoms with Gasteiger partial charge in [-0.05, 0) is 74.0 Å². The van der Waals surface area contributed by atoms with Crippen LogP contribution in [0.4, 0.5) is 11.6 Å². The first-order valence-electron chi connectivity index (χ1n) is 23.6. The minimum atomic E-state index is -0.695. The van der Waals surface area contributed by atoms with Crippen molar-refractivity contribution in [3.8, 4) is 11.5 Å². The maximum atomic E-state index is 9.73. The lowest BCUT2D eigenvalue weighted by atomic mass is 10.2. The van der Waals surface area contributed by atoms with E-state index in [0.717, 1.165) is 146 Å². The molecule has 4 aromatic heterocycles. The van der Waals surface area contributed by atoms with Crippen LogP contribution in [0.2, 0.25) is 10.0 Å². The number of methoxy groups -OCH3 is 2. The molecular weight excluding hydrogens is 910 g/mol. The number of hydrogen-bond donors (Lipinski definition) is 6. The molecule has 1 atom stereocenters. The van der Waals surface area contributed by atoms with Crippen LogP contribution in [0.15, 0.2) is 36.4 Å². The topological polar surface area (TPSA) is 209 Å². The van der Waals surface area contributed by atoms with Crippen LogP contribution in [-0.4, -0.2) is 137 Å². The second kappa shape index (κ2) is 26.2. The molecule has 0 bridgehead atoms. The standard InChI is InChI=1S/C25H36ClN7O3.C23H33ClN6O2/c1-4-5-20-23-24(31(2)30-20)25(27-13-17-6-7-21(36-3)19(26)12-17)29-22(28-23)15-33-10-8-32(9-11-33)14-18(35)16-34;1-4-8-18-21-22(30(2)29-18)23(26-14-16-9-10-19(32-3)17(24)13-16)28-20(27-21)15-25-11-6-5-7-12-31/h6-7,12,18,34-35H,4-5,8-11,13-16H2,1-3H3,(H,27,28,29);9-10,13,25,31H,4-8,11-12,14-15H2,1-3H3,(H,26,27,28). The van der Waals surface area contributed by atoms with E-state index in [2.05, 4.69) is 39.6 Å². The molecule has 20 heteroatoms. The van der Waals surface area contributed by atoms with Crippen molar-refractivity contribution in [3.63, 3.8) is 0 Å². The van der Waals surface area contributed by atoms with Crippen LogP contribution in [-0.2, 0) is 53.1 Å². The SMILES string of the molecule is CCCc1nn(C)c2c(NCc3ccc(OC)c(Cl)c3)nc(CN3CCN(CC(O)CO)CC3)nc12.CCCc1nn(C)c2c(NCc3ccc(OC)c(Cl)c3)nc(CNCCCCCO)nc12. The fourth-order valence-electron chi connectivity index (χ4n) is 8.22. The Hall–Kier alpha value is -4.92. The number of ether oxygens (including phenoxy) is 2. The third-order valence-electron chi connectivity index (χ3n) is 11.7. The van der Waals surface area contributed by atoms with Gasteiger partial charge in [-0.3, -0.25) is 19.2 Å². The Morgan fingerprint density at radius 1 is 0.676 bits per heavy atom. The predicted molar refractivity (Wildman–Crippen MR) is 269 cm³/mol. The molecule has 68 heavy (non-hydrogen) atoms. The number of aliphatic hydroxyl groups is 3. The van der Waals surface area contributed by atoms with Crippen LogP contribution in [0.1, 0.15) is 80.1 Å². The smallest absolute Gasteiger partial charge is 0.156 e. The van der Waals surface area contributed by atoms with E-state index >= 15 is 0 Å². The molecule has 1 fully saturated rings. The quantitative estimate of drug-likeness (QED) is 0.0390. The summed E-state index contributed by atoms with van der Waals surface area (Å²) >= 11 is 12.6. The monoisotopic (exact) mass is 977 g/mol. The number of aryl methyl sites for hydroxylation is 4. The van der Waals surface area contributed by atoms with E-state index in [0.29, 0.717) is 54.3 Å². The van der Waals surface area contributed by atoms with Crippen molar-refractivity contribution in [1.29, 1.82) is 0 Å². The number of nitrogens with one attached hydrogen (secondary N) is 3. The Morgan fingerprint density at radius 3 is 1.68 bits per heavy atom. The Kier molecular flexibility index (Phi) is 20.2. The Balaban J connectivity index is 0.000000226. The van der Waals surface area contributed by atoms with Crippen molar-refractivity contribution in [1.82, 2.24) is 54.6 Å². The fourth-order valence-corrected chi connectivity index (χ4v) is 8.78. The van der Waals surface area contributed by atoms with Crippen LogP contribution < -0.4 is 25.4 Å². The van der Waals surface area contributed by atoms with Crippen LogP contribution >= 0.6 is 23.2 Å². The molecule has 5 heterocycles. The number of piperazine rings is 1. The maximum absolute atomic E-state index is 9.73. The summed E-state index contributed by atoms with van der Waals surface area (Å²) in [6.45, 7) is 11.4. The molecule has 370 valence electrons. The highest BCUT2D eigenvalue weighted by molar-refractivity contribution is 6.32. The first-order valence-corrected chi connectivity index (χ1v) is 24.4. The van der Waals surface area contributed by atoms with Gasteiger partial charge in [0.1, 0.15) is 45.2 Å². The molecule has 1 unspecified atom stereocenters. The van der Waals surface area contributed by atoms with Crippen LogP contribution in [0.25, 0.3) is 22.1 Å². The van der Waals surface area contributed by atoms with Gasteiger partial charge in [-0.1, -0.05) is 62.0 Å². The molecule has 0 aliphatic carbocycles. The zero-order valence-electron chi connectivity index (χ0n) is 40.4. The molecular formula is C48H69Cl2N13O5. The maximum Gasteiger partial charge on any atom is 0.156 e. The van der Waals surface area contributed by atoms with E-state index in [1.807, 2.05) is 59.9 Å². The van der Waals surface area contributed by atoms with Crippen LogP contribution in [0, 0.1) is 0 Å². The fraction of sp³-hybridized carbons (Fsp3) is 0.542. The number of aliphatic hydroxyl groups excluding tert-OH is 3. The summed E-state index contributed by atoms with van der Waals surface area (Å²) in [7, 11) is 7.07. The first kappa shape index (κ1) is 52.5. The molecule has 18 nitrogen and oxygen atoms in total. The minimum absolute atomic E-state index is 0.211. The van der Waals surface area contributed by atoms with Crippen LogP contribution in [0.5, 0.6) is 11.5 Å². The van der Waals surface area contributed by atoms with E-state index in [1.165, 1.54) is 0 Å². The van der Waals surface area contributed by atoms with Gasteiger partial charge in [0, 0.05) is 66.5 Å². The normalized spacial score (nSPS) is 13.8. The summed E-state index contributed by atoms with van der Waals surface area (Å²) in [5.41, 5.74) is 7.61. The molecule has 0 saturated carbocycles. The average Bonchev–Trinajstić information content (AvgIpc) is 3.83. The second-order valence-electron chi connectivity index (χ2n) is 17.0. The lowest BCUT2D eigenvalue weighted by Crippen LogP contribution is -2.48. The van der Waals surface area contributed by atoms with Crippen LogP contribution in [0.3, 0.4) is 0 Å². The third kappa shape index (κ3) is 14.1. The number of hydrogen-bond acceptors (Lipinski definition) is 16. The van der Waals surface area contributed by atoms with Gasteiger partial charge in [-0.25, -0.2) is 19.9 Å². The second-order valence-corrected chi connectivity index (χ2v) is 17.8. The van der Waals surface area contributed by atoms with E-state index in [4.69, 9.17) is 73.0 Å². The lowest BCUT2D eigenvalue weighted by molar-refractivity contribution is 0.0379. The number of aromatic nitrogens is 8. The molecule has 6 aromatic rings. The molecule has 1 aliphatic heterocycles. The third-order valence-corrected chi connectivity index (χ3v) is 12.3. The number of benzene rings is 2. The molecule has 7 rings (SSSR count). The van der Waals surface area contributed by atoms with Gasteiger partial charge < -0.3 is 40.7 Å². The molecule has 0 amide bonds. The summed E-state index contributed by atoms with van der Waals surface area (Å²) in [5, 5.41) is 48.7. The van der Waals surface area contributed by atoms with Gasteiger partial charge in [0.15, 0.2) is 11.6 Å². The van der Waals surface area contributed by atoms with Gasteiger partial charge >= 0.3 is 0 Å². The van der Waals surface area contributed by atoms with Crippen molar-refractivity contribution < 1.29 is 24.8 Å². The van der Waals surface area contributed by atoms with Gasteiger partial charge in [0.05, 0.1) is 61.5 Å². The number of unbranched alkanes of at least 4 members (excludes halogenated alkanes) is 2. The predicted octanol–water partition coefficient (Wildman–Crippen LogP) is 5.90. The number of nitrogens with zero attached hydrogens (tertiary/aromatic N) is 10. The average molecular weight is 979 g/mol. The van der Waals surface area contributed by atoms with Crippen molar-refractivity contribution in [2.24, 2.45) is 14.1 Å². The van der Waals surface area contributed by atoms with E-state index < -0.39 is 6.10 Å². The summed E-state index contributed by atoms with van der Waals surface area (Å²) in [5.74, 6) is 4.31. The van der Waals surface area contributed by atoms with Crippen molar-refractivity contribution in [2.45, 2.75) is 91.1 Å². The largest absolute Gasteiger partial charge is 0.495 e. The zero-order chi connectivity index (χ0) is 48.6. The van der Waals surface area contributed by atoms with Crippen molar-refractivity contribution in [2.75, 3.05) is 77.3 Å². The lowest BCUT2D eigenvalue weighted by Gasteiger charge is -2.35. The Labute approximate surface area is 409 Å². The van der Waals surface area contributed by atoms with Gasteiger partial charge in [0.25, 0.3) is 0 Å². The highest BCUT2D eigenvalue weighted by Gasteiger charge is 2.23. The molecule has 1 saturated heterocycles. The Bertz CT molecular complexity index is 2530. The Morgan fingerprint density at radius 2 is 1.19 bits per heavy atom. The summed E-state index contributed by atoms with van der Waals surface area (Å²) in [4.78, 5) is 24.0. The zero-order valence-corrected chi connectivity index (χ0v) is 41.9. The van der Waals surface area contributed by atoms with Gasteiger partial charge in [-0.2, -0.15) is 10.2 Å². The van der Waals surface area contributed by atoms with Crippen molar-refractivity contribution >= 4 is 56.9 Å². The van der Waals surface area contributed by atoms with E-state index in [1.54, 1.807) is 14.2 Å². The molecule has 1 aliphatic rings. The van der Waals surface area contributed by atoms with E-state index in [-0.39, 0.29) is 13.2 Å². The summed E-state index contributed by atoms with van der Waals surface area (Å²) in [6.07, 6.45) is 5.87. The van der Waals surface area contributed by atoms with Crippen molar-refractivity contribution in [3.05, 3.63) is 80.6 Å². The number of fused-ring (bicyclic) bond motifs is 2. The number of rotatable bonds is 24. The first-order chi connectivity index (χ1) is 33.0. The molecule has 2 aromatic carbocycles. The summed E-state index contributed by atoms with van der Waals surface area (Å²) in [6, 6.07) is 11.5.